The molecule has 8 aliphatic rings. The molecule has 4 aliphatic carbocycles. The van der Waals surface area contributed by atoms with Gasteiger partial charge in [-0.3, -0.25) is 4.79 Å². The lowest BCUT2D eigenvalue weighted by Gasteiger charge is -2.60. The fourth-order valence-corrected chi connectivity index (χ4v) is 12.6. The highest BCUT2D eigenvalue weighted by Crippen LogP contribution is 2.71. The summed E-state index contributed by atoms with van der Waals surface area (Å²) >= 11 is 0. The molecule has 4 saturated carbocycles. The Hall–Kier alpha value is -0.810. The molecule has 8 rings (SSSR count). The number of Topliss-reactive ketones (excluding diaryl/α,β-unsaturated/α-hetero) is 1. The van der Waals surface area contributed by atoms with Crippen molar-refractivity contribution in [1.29, 1.82) is 0 Å². The van der Waals surface area contributed by atoms with E-state index in [2.05, 4.69) is 27.7 Å². The molecule has 8 fully saturated rings. The smallest absolute Gasteiger partial charge is 0.186 e. The van der Waals surface area contributed by atoms with Gasteiger partial charge in [0, 0.05) is 24.7 Å². The molecule has 0 aromatic rings. The SMILES string of the molecule is CC1CC[C@@]2(OC1)O[C@H]1C[C@H]3[C@@H]4CC(=O)[C@H]5C[C@@H](O[C@@H]6O[C@H](CO[C@H]7OC[C@@H](O)[C@@H](O)[C@@H]7O)[C@@H](O)[C@H](O)[C@H]6O)CC[C@]5(C)[C@H]4CC[C@]3(C)[C@H]1[C@@H]2C. The maximum atomic E-state index is 14.2. The molecule has 21 atom stereocenters. The minimum Gasteiger partial charge on any atom is -0.388 e. The number of carbonyl (C=O) groups excluding carboxylic acids is 1. The van der Waals surface area contributed by atoms with Gasteiger partial charge in [0.25, 0.3) is 0 Å². The number of ketones is 1. The number of hydrogen-bond donors (Lipinski definition) is 6. The van der Waals surface area contributed by atoms with E-state index >= 15 is 0 Å². The Morgan fingerprint density at radius 3 is 2.29 bits per heavy atom. The maximum Gasteiger partial charge on any atom is 0.186 e. The lowest BCUT2D eigenvalue weighted by atomic mass is 9.44. The van der Waals surface area contributed by atoms with Crippen LogP contribution in [0, 0.1) is 52.3 Å². The normalized spacial score (nSPS) is 58.5. The Bertz CT molecular complexity index is 1290. The van der Waals surface area contributed by atoms with Gasteiger partial charge in [-0.2, -0.15) is 0 Å². The fraction of sp³-hybridized carbons (Fsp3) is 0.974. The van der Waals surface area contributed by atoms with E-state index in [-0.39, 0.29) is 41.8 Å². The second-order valence-corrected chi connectivity index (χ2v) is 18.3. The Kier molecular flexibility index (Phi) is 9.79. The summed E-state index contributed by atoms with van der Waals surface area (Å²) in [6.45, 7) is 9.54. The highest BCUT2D eigenvalue weighted by molar-refractivity contribution is 5.83. The Morgan fingerprint density at radius 2 is 1.55 bits per heavy atom. The Morgan fingerprint density at radius 1 is 0.804 bits per heavy atom. The lowest BCUT2D eigenvalue weighted by Crippen LogP contribution is -2.61. The second kappa shape index (κ2) is 13.4. The molecular formula is C38H60O13. The predicted molar refractivity (Wildman–Crippen MR) is 177 cm³/mol. The summed E-state index contributed by atoms with van der Waals surface area (Å²) in [4.78, 5) is 14.2. The number of hydrogen-bond acceptors (Lipinski definition) is 13. The van der Waals surface area contributed by atoms with Crippen LogP contribution in [0.5, 0.6) is 0 Å². The van der Waals surface area contributed by atoms with Crippen LogP contribution < -0.4 is 0 Å². The lowest BCUT2D eigenvalue weighted by molar-refractivity contribution is -0.330. The minimum absolute atomic E-state index is 0.118. The molecule has 290 valence electrons. The van der Waals surface area contributed by atoms with Crippen molar-refractivity contribution < 1.29 is 63.9 Å². The van der Waals surface area contributed by atoms with E-state index < -0.39 is 67.2 Å². The summed E-state index contributed by atoms with van der Waals surface area (Å²) < 4.78 is 36.4. The van der Waals surface area contributed by atoms with Gasteiger partial charge in [0.1, 0.15) is 48.5 Å². The van der Waals surface area contributed by atoms with E-state index in [0.717, 1.165) is 45.1 Å². The van der Waals surface area contributed by atoms with Crippen molar-refractivity contribution in [3.63, 3.8) is 0 Å². The van der Waals surface area contributed by atoms with Crippen molar-refractivity contribution in [1.82, 2.24) is 0 Å². The largest absolute Gasteiger partial charge is 0.388 e. The van der Waals surface area contributed by atoms with Crippen molar-refractivity contribution >= 4 is 5.78 Å². The van der Waals surface area contributed by atoms with E-state index in [0.29, 0.717) is 54.8 Å². The monoisotopic (exact) mass is 724 g/mol. The van der Waals surface area contributed by atoms with Crippen molar-refractivity contribution in [2.75, 3.05) is 19.8 Å². The number of aliphatic hydroxyl groups is 6. The molecule has 0 aromatic carbocycles. The first kappa shape index (κ1) is 37.1. The van der Waals surface area contributed by atoms with Gasteiger partial charge in [0.2, 0.25) is 0 Å². The molecule has 13 nitrogen and oxygen atoms in total. The van der Waals surface area contributed by atoms with E-state index in [1.54, 1.807) is 0 Å². The third-order valence-corrected chi connectivity index (χ3v) is 15.6. The summed E-state index contributed by atoms with van der Waals surface area (Å²) in [6.07, 6.45) is -4.98. The van der Waals surface area contributed by atoms with Crippen LogP contribution in [0.15, 0.2) is 0 Å². The van der Waals surface area contributed by atoms with Gasteiger partial charge in [-0.15, -0.1) is 0 Å². The van der Waals surface area contributed by atoms with Crippen molar-refractivity contribution in [3.8, 4) is 0 Å². The van der Waals surface area contributed by atoms with Gasteiger partial charge in [0.15, 0.2) is 18.4 Å². The first-order chi connectivity index (χ1) is 24.2. The standard InChI is InChI=1S/C38H60O13/c1-17-5-10-38(48-14-17)18(2)28-26(51-38)13-22-20-12-24(39)23-11-19(6-8-36(23,3)21(20)7-9-37(22,28)4)49-35-33(45)31(43)30(42)27(50-35)16-47-34-32(44)29(41)25(40)15-46-34/h17-23,25-35,40-45H,5-16H2,1-4H3/t17?,18-,19-,20+,21-,22-,23+,25+,26-,27+,28-,29+,30+,31-,32-,33+,34+,35+,36+,37-,38+/m0/s1. The zero-order chi connectivity index (χ0) is 36.2. The van der Waals surface area contributed by atoms with Gasteiger partial charge in [-0.25, -0.2) is 0 Å². The number of carbonyl (C=O) groups is 1. The third-order valence-electron chi connectivity index (χ3n) is 15.6. The number of rotatable bonds is 5. The van der Waals surface area contributed by atoms with Crippen LogP contribution in [0.4, 0.5) is 0 Å². The molecule has 0 radical (unpaired) electrons. The Labute approximate surface area is 300 Å². The molecule has 6 N–H and O–H groups in total. The van der Waals surface area contributed by atoms with Gasteiger partial charge >= 0.3 is 0 Å². The molecule has 0 aromatic heterocycles. The van der Waals surface area contributed by atoms with Crippen LogP contribution >= 0.6 is 0 Å². The highest BCUT2D eigenvalue weighted by Gasteiger charge is 2.70. The Balaban J connectivity index is 0.910. The van der Waals surface area contributed by atoms with Crippen LogP contribution in [0.1, 0.15) is 85.5 Å². The number of ether oxygens (including phenoxy) is 6. The van der Waals surface area contributed by atoms with E-state index in [4.69, 9.17) is 28.4 Å². The maximum absolute atomic E-state index is 14.2. The van der Waals surface area contributed by atoms with Crippen molar-refractivity contribution in [3.05, 3.63) is 0 Å². The van der Waals surface area contributed by atoms with Crippen molar-refractivity contribution in [2.45, 2.75) is 159 Å². The van der Waals surface area contributed by atoms with Crippen LogP contribution in [-0.2, 0) is 33.2 Å². The second-order valence-electron chi connectivity index (χ2n) is 18.3. The molecule has 0 amide bonds. The molecule has 0 bridgehead atoms. The zero-order valence-corrected chi connectivity index (χ0v) is 30.4. The van der Waals surface area contributed by atoms with Crippen LogP contribution in [0.25, 0.3) is 0 Å². The molecule has 1 spiro atoms. The molecule has 4 aliphatic heterocycles. The first-order valence-corrected chi connectivity index (χ1v) is 19.6. The summed E-state index contributed by atoms with van der Waals surface area (Å²) in [5.41, 5.74) is -0.0420. The fourth-order valence-electron chi connectivity index (χ4n) is 12.6. The first-order valence-electron chi connectivity index (χ1n) is 19.6. The number of aliphatic hydroxyl groups excluding tert-OH is 6. The van der Waals surface area contributed by atoms with E-state index in [9.17, 15) is 35.4 Å². The summed E-state index contributed by atoms with van der Waals surface area (Å²) in [5, 5.41) is 62.1. The van der Waals surface area contributed by atoms with E-state index in [1.165, 1.54) is 0 Å². The number of fused-ring (bicyclic) bond motifs is 7. The summed E-state index contributed by atoms with van der Waals surface area (Å²) in [7, 11) is 0. The third kappa shape index (κ3) is 5.91. The van der Waals surface area contributed by atoms with Gasteiger partial charge < -0.3 is 59.1 Å². The molecule has 51 heavy (non-hydrogen) atoms. The average molecular weight is 725 g/mol. The molecule has 13 heteroatoms. The molecule has 1 unspecified atom stereocenters. The molecular weight excluding hydrogens is 664 g/mol. The van der Waals surface area contributed by atoms with Crippen LogP contribution in [0.3, 0.4) is 0 Å². The van der Waals surface area contributed by atoms with Crippen molar-refractivity contribution in [2.24, 2.45) is 52.3 Å². The zero-order valence-electron chi connectivity index (χ0n) is 30.4. The molecule has 4 saturated heterocycles. The topological polar surface area (TPSA) is 194 Å². The summed E-state index contributed by atoms with van der Waals surface area (Å²) in [5.74, 6) is 2.18. The summed E-state index contributed by atoms with van der Waals surface area (Å²) in [6, 6.07) is 0. The minimum atomic E-state index is -1.59. The average Bonchev–Trinajstić information content (AvgIpc) is 3.55. The van der Waals surface area contributed by atoms with Gasteiger partial charge in [-0.05, 0) is 85.4 Å². The van der Waals surface area contributed by atoms with Gasteiger partial charge in [-0.1, -0.05) is 27.7 Å². The van der Waals surface area contributed by atoms with E-state index in [1.807, 2.05) is 0 Å². The van der Waals surface area contributed by atoms with Crippen LogP contribution in [-0.4, -0.2) is 130 Å². The quantitative estimate of drug-likeness (QED) is 0.222. The van der Waals surface area contributed by atoms with Gasteiger partial charge in [0.05, 0.1) is 32.0 Å². The van der Waals surface area contributed by atoms with Crippen LogP contribution in [0.2, 0.25) is 0 Å². The predicted octanol–water partition coefficient (Wildman–Crippen LogP) is 1.26. The molecule has 4 heterocycles. The highest BCUT2D eigenvalue weighted by atomic mass is 16.7.